The van der Waals surface area contributed by atoms with E-state index in [1.54, 1.807) is 0 Å². The highest BCUT2D eigenvalue weighted by molar-refractivity contribution is 5.95. The van der Waals surface area contributed by atoms with Crippen LogP contribution in [0.1, 0.15) is 13.8 Å². The molecule has 0 fully saturated rings. The summed E-state index contributed by atoms with van der Waals surface area (Å²) in [6.45, 7) is 4.00. The summed E-state index contributed by atoms with van der Waals surface area (Å²) in [5.74, 6) is 0. The average Bonchev–Trinajstić information content (AvgIpc) is 2.80. The normalized spacial score (nSPS) is 10.0. The summed E-state index contributed by atoms with van der Waals surface area (Å²) < 4.78 is 2.03. The number of hydrogen-bond donors (Lipinski definition) is 0. The molecule has 0 aliphatic carbocycles. The molecule has 2 heteroatoms. The topological polar surface area (TPSA) is 17.3 Å². The van der Waals surface area contributed by atoms with Gasteiger partial charge in [-0.25, -0.2) is 4.98 Å². The predicted molar refractivity (Wildman–Crippen MR) is 64.0 cm³/mol. The van der Waals surface area contributed by atoms with Crippen LogP contribution in [0.25, 0.3) is 16.3 Å². The second-order valence-corrected chi connectivity index (χ2v) is 3.09. The van der Waals surface area contributed by atoms with Crippen molar-refractivity contribution in [1.82, 2.24) is 9.38 Å². The van der Waals surface area contributed by atoms with Crippen LogP contribution in [0.5, 0.6) is 0 Å². The van der Waals surface area contributed by atoms with E-state index in [9.17, 15) is 0 Å². The van der Waals surface area contributed by atoms with Gasteiger partial charge in [0.2, 0.25) is 0 Å². The molecule has 0 atom stereocenters. The standard InChI is InChI=1S/C11H8N2.C2H6/c1-2-4-10-9(3-1)5-6-13-8-12-7-11(10)13;1-2/h1-8H;1-2H3. The third-order valence-electron chi connectivity index (χ3n) is 2.32. The molecule has 0 spiro atoms. The van der Waals surface area contributed by atoms with E-state index < -0.39 is 0 Å². The van der Waals surface area contributed by atoms with Crippen LogP contribution in [-0.2, 0) is 0 Å². The van der Waals surface area contributed by atoms with Gasteiger partial charge < -0.3 is 4.40 Å². The average molecular weight is 198 g/mol. The van der Waals surface area contributed by atoms with Crippen LogP contribution in [0, 0.1) is 0 Å². The van der Waals surface area contributed by atoms with E-state index in [1.165, 1.54) is 10.8 Å². The van der Waals surface area contributed by atoms with Crippen molar-refractivity contribution in [3.63, 3.8) is 0 Å². The van der Waals surface area contributed by atoms with Gasteiger partial charge in [-0.3, -0.25) is 0 Å². The van der Waals surface area contributed by atoms with Crippen LogP contribution in [-0.4, -0.2) is 9.38 Å². The van der Waals surface area contributed by atoms with Gasteiger partial charge in [0.05, 0.1) is 18.0 Å². The molecular weight excluding hydrogens is 184 g/mol. The van der Waals surface area contributed by atoms with Crippen molar-refractivity contribution in [1.29, 1.82) is 0 Å². The molecule has 3 aromatic rings. The lowest BCUT2D eigenvalue weighted by Crippen LogP contribution is -1.81. The predicted octanol–water partition coefficient (Wildman–Crippen LogP) is 3.51. The van der Waals surface area contributed by atoms with Crippen LogP contribution in [0.4, 0.5) is 0 Å². The number of fused-ring (bicyclic) bond motifs is 3. The highest BCUT2D eigenvalue weighted by Crippen LogP contribution is 2.18. The van der Waals surface area contributed by atoms with Gasteiger partial charge in [0.25, 0.3) is 0 Å². The Kier molecular flexibility index (Phi) is 2.68. The van der Waals surface area contributed by atoms with Crippen molar-refractivity contribution in [3.05, 3.63) is 49.1 Å². The minimum Gasteiger partial charge on any atom is -0.306 e. The Labute approximate surface area is 89.2 Å². The van der Waals surface area contributed by atoms with Gasteiger partial charge in [-0.1, -0.05) is 38.1 Å². The third kappa shape index (κ3) is 1.59. The fourth-order valence-corrected chi connectivity index (χ4v) is 1.67. The maximum absolute atomic E-state index is 4.11. The van der Waals surface area contributed by atoms with Gasteiger partial charge in [-0.05, 0) is 11.5 Å². The lowest BCUT2D eigenvalue weighted by molar-refractivity contribution is 1.16. The zero-order chi connectivity index (χ0) is 10.7. The van der Waals surface area contributed by atoms with Gasteiger partial charge in [0.1, 0.15) is 0 Å². The number of aromatic nitrogens is 2. The Hall–Kier alpha value is -1.83. The van der Waals surface area contributed by atoms with E-state index >= 15 is 0 Å². The lowest BCUT2D eigenvalue weighted by Gasteiger charge is -1.99. The number of imidazole rings is 1. The van der Waals surface area contributed by atoms with Crippen molar-refractivity contribution in [2.45, 2.75) is 13.8 Å². The van der Waals surface area contributed by atoms with E-state index in [0.717, 1.165) is 5.52 Å². The van der Waals surface area contributed by atoms with Crippen LogP contribution >= 0.6 is 0 Å². The molecule has 2 heterocycles. The van der Waals surface area contributed by atoms with Crippen LogP contribution in [0.15, 0.2) is 49.1 Å². The molecule has 0 saturated carbocycles. The summed E-state index contributed by atoms with van der Waals surface area (Å²) in [5.41, 5.74) is 1.16. The van der Waals surface area contributed by atoms with Gasteiger partial charge in [0.15, 0.2) is 0 Å². The molecule has 0 unspecified atom stereocenters. The fourth-order valence-electron chi connectivity index (χ4n) is 1.67. The molecule has 0 saturated heterocycles. The van der Waals surface area contributed by atoms with Gasteiger partial charge in [-0.15, -0.1) is 0 Å². The monoisotopic (exact) mass is 198 g/mol. The van der Waals surface area contributed by atoms with Crippen LogP contribution < -0.4 is 0 Å². The summed E-state index contributed by atoms with van der Waals surface area (Å²) in [6.07, 6.45) is 5.74. The minimum absolute atomic E-state index is 1.16. The Morgan fingerprint density at radius 1 is 1.07 bits per heavy atom. The third-order valence-corrected chi connectivity index (χ3v) is 2.32. The Morgan fingerprint density at radius 3 is 2.73 bits per heavy atom. The fraction of sp³-hybridized carbons (Fsp3) is 0.154. The highest BCUT2D eigenvalue weighted by Gasteiger charge is 1.97. The summed E-state index contributed by atoms with van der Waals surface area (Å²) in [6, 6.07) is 10.4. The maximum Gasteiger partial charge on any atom is 0.0992 e. The lowest BCUT2D eigenvalue weighted by atomic mass is 10.1. The highest BCUT2D eigenvalue weighted by atomic mass is 15.0. The van der Waals surface area contributed by atoms with Crippen molar-refractivity contribution < 1.29 is 0 Å². The van der Waals surface area contributed by atoms with Crippen molar-refractivity contribution >= 4 is 16.3 Å². The first kappa shape index (κ1) is 9.71. The maximum atomic E-state index is 4.11. The smallest absolute Gasteiger partial charge is 0.0992 e. The molecule has 0 bridgehead atoms. The van der Waals surface area contributed by atoms with Crippen molar-refractivity contribution in [2.75, 3.05) is 0 Å². The van der Waals surface area contributed by atoms with Gasteiger partial charge in [-0.2, -0.15) is 0 Å². The molecule has 3 rings (SSSR count). The number of pyridine rings is 1. The van der Waals surface area contributed by atoms with E-state index in [2.05, 4.69) is 35.3 Å². The van der Waals surface area contributed by atoms with E-state index in [0.29, 0.717) is 0 Å². The first-order chi connectivity index (χ1) is 7.45. The van der Waals surface area contributed by atoms with E-state index in [4.69, 9.17) is 0 Å². The summed E-state index contributed by atoms with van der Waals surface area (Å²) in [4.78, 5) is 4.11. The quantitative estimate of drug-likeness (QED) is 0.540. The molecule has 0 radical (unpaired) electrons. The molecule has 0 aliphatic rings. The van der Waals surface area contributed by atoms with E-state index in [-0.39, 0.29) is 0 Å². The number of benzene rings is 1. The Bertz CT molecular complexity index is 567. The van der Waals surface area contributed by atoms with Crippen LogP contribution in [0.3, 0.4) is 0 Å². The molecule has 2 aromatic heterocycles. The SMILES string of the molecule is CC.c1ccc2c(c1)ccn1cncc21. The molecule has 15 heavy (non-hydrogen) atoms. The molecular formula is C13H14N2. The van der Waals surface area contributed by atoms with E-state index in [1.807, 2.05) is 37.0 Å². The second-order valence-electron chi connectivity index (χ2n) is 3.09. The van der Waals surface area contributed by atoms with Crippen LogP contribution in [0.2, 0.25) is 0 Å². The molecule has 76 valence electrons. The first-order valence-electron chi connectivity index (χ1n) is 5.24. The molecule has 1 aromatic carbocycles. The molecule has 2 nitrogen and oxygen atoms in total. The molecule has 0 N–H and O–H groups in total. The first-order valence-corrected chi connectivity index (χ1v) is 5.24. The Morgan fingerprint density at radius 2 is 1.87 bits per heavy atom. The summed E-state index contributed by atoms with van der Waals surface area (Å²) >= 11 is 0. The Balaban J connectivity index is 0.000000404. The van der Waals surface area contributed by atoms with Gasteiger partial charge >= 0.3 is 0 Å². The van der Waals surface area contributed by atoms with Gasteiger partial charge in [0, 0.05) is 11.6 Å². The minimum atomic E-state index is 1.16. The number of rotatable bonds is 0. The zero-order valence-electron chi connectivity index (χ0n) is 9.01. The largest absolute Gasteiger partial charge is 0.306 e. The summed E-state index contributed by atoms with van der Waals surface area (Å²) in [7, 11) is 0. The zero-order valence-corrected chi connectivity index (χ0v) is 9.01. The van der Waals surface area contributed by atoms with Crippen molar-refractivity contribution in [2.24, 2.45) is 0 Å². The second kappa shape index (κ2) is 4.13. The summed E-state index contributed by atoms with van der Waals surface area (Å²) in [5, 5.41) is 2.51. The number of hydrogen-bond acceptors (Lipinski definition) is 1. The number of nitrogens with zero attached hydrogens (tertiary/aromatic N) is 2. The molecule has 0 amide bonds. The van der Waals surface area contributed by atoms with Crippen molar-refractivity contribution in [3.8, 4) is 0 Å². The molecule has 0 aliphatic heterocycles.